The van der Waals surface area contributed by atoms with Crippen LogP contribution >= 0.6 is 0 Å². The van der Waals surface area contributed by atoms with Gasteiger partial charge in [0, 0.05) is 26.7 Å². The van der Waals surface area contributed by atoms with E-state index in [1.807, 2.05) is 29.2 Å². The highest BCUT2D eigenvalue weighted by Gasteiger charge is 2.50. The SMILES string of the molecule is C=CCOC(=O)NCCC[C@H]1C(=O)N(CC2CCCCC2)C[C@H]2N1C(=O)CN(C)N2C(=O)NCc1ccc(OC)cc1. The molecule has 230 valence electrons. The number of alkyl carbamates (subject to hydrolysis) is 1. The van der Waals surface area contributed by atoms with Crippen LogP contribution in [-0.4, -0.2) is 103 Å². The average Bonchev–Trinajstić information content (AvgIpc) is 2.99. The third-order valence-corrected chi connectivity index (χ3v) is 8.21. The summed E-state index contributed by atoms with van der Waals surface area (Å²) in [6, 6.07) is 6.38. The first-order valence-electron chi connectivity index (χ1n) is 14.8. The third kappa shape index (κ3) is 7.72. The zero-order valence-corrected chi connectivity index (χ0v) is 24.8. The van der Waals surface area contributed by atoms with Gasteiger partial charge in [0.2, 0.25) is 11.8 Å². The largest absolute Gasteiger partial charge is 0.497 e. The zero-order chi connectivity index (χ0) is 30.1. The number of amides is 5. The standard InChI is InChI=1S/C30H44N6O6/c1-4-17-42-30(40)31-16-8-11-25-28(38)34(19-23-9-6-5-7-10-23)20-26-35(25)27(37)21-33(2)36(26)29(39)32-18-22-12-14-24(41-3)15-13-22/h4,12-15,23,25-26H,1,5-11,16-21H2,2-3H3,(H,31,40)(H,32,39)/t25-,26-/m0/s1. The molecule has 3 fully saturated rings. The molecule has 12 heteroatoms. The Morgan fingerprint density at radius 1 is 1.10 bits per heavy atom. The third-order valence-electron chi connectivity index (χ3n) is 8.21. The van der Waals surface area contributed by atoms with Crippen LogP contribution < -0.4 is 15.4 Å². The van der Waals surface area contributed by atoms with Crippen LogP contribution in [0.5, 0.6) is 5.75 Å². The number of hydrazine groups is 1. The summed E-state index contributed by atoms with van der Waals surface area (Å²) in [5.41, 5.74) is 0.909. The highest BCUT2D eigenvalue weighted by molar-refractivity contribution is 5.91. The number of hydrogen-bond acceptors (Lipinski definition) is 7. The number of rotatable bonds is 11. The predicted molar refractivity (Wildman–Crippen MR) is 156 cm³/mol. The number of carbonyl (C=O) groups is 4. The van der Waals surface area contributed by atoms with E-state index in [-0.39, 0.29) is 37.5 Å². The van der Waals surface area contributed by atoms with Crippen LogP contribution in [0, 0.1) is 5.92 Å². The van der Waals surface area contributed by atoms with E-state index in [0.717, 1.165) is 37.0 Å². The Balaban J connectivity index is 1.49. The Kier molecular flexibility index (Phi) is 11.0. The minimum Gasteiger partial charge on any atom is -0.497 e. The molecule has 12 nitrogen and oxygen atoms in total. The summed E-state index contributed by atoms with van der Waals surface area (Å²) in [4.78, 5) is 56.1. The van der Waals surface area contributed by atoms with Gasteiger partial charge >= 0.3 is 12.1 Å². The van der Waals surface area contributed by atoms with Crippen molar-refractivity contribution in [1.29, 1.82) is 0 Å². The summed E-state index contributed by atoms with van der Waals surface area (Å²) in [5, 5.41) is 8.87. The number of carbonyl (C=O) groups excluding carboxylic acids is 4. The van der Waals surface area contributed by atoms with Crippen LogP contribution in [0.2, 0.25) is 0 Å². The average molecular weight is 585 g/mol. The lowest BCUT2D eigenvalue weighted by Crippen LogP contribution is -2.76. The number of fused-ring (bicyclic) bond motifs is 1. The highest BCUT2D eigenvalue weighted by Crippen LogP contribution is 2.31. The lowest BCUT2D eigenvalue weighted by atomic mass is 9.88. The second-order valence-corrected chi connectivity index (χ2v) is 11.2. The molecular weight excluding hydrogens is 540 g/mol. The fourth-order valence-corrected chi connectivity index (χ4v) is 6.10. The minimum absolute atomic E-state index is 0.0228. The monoisotopic (exact) mass is 584 g/mol. The first-order valence-corrected chi connectivity index (χ1v) is 14.8. The summed E-state index contributed by atoms with van der Waals surface area (Å²) >= 11 is 0. The number of likely N-dealkylation sites (N-methyl/N-ethyl adjacent to an activating group) is 1. The van der Waals surface area contributed by atoms with Crippen molar-refractivity contribution in [2.75, 3.05) is 46.9 Å². The fourth-order valence-electron chi connectivity index (χ4n) is 6.10. The summed E-state index contributed by atoms with van der Waals surface area (Å²) in [6.07, 6.45) is 6.78. The molecule has 3 aliphatic rings. The van der Waals surface area contributed by atoms with E-state index in [4.69, 9.17) is 9.47 Å². The van der Waals surface area contributed by atoms with Crippen molar-refractivity contribution in [3.63, 3.8) is 0 Å². The Morgan fingerprint density at radius 3 is 2.52 bits per heavy atom. The van der Waals surface area contributed by atoms with Crippen LogP contribution in [0.4, 0.5) is 9.59 Å². The molecule has 1 aromatic rings. The van der Waals surface area contributed by atoms with Gasteiger partial charge in [-0.2, -0.15) is 0 Å². The molecule has 1 saturated carbocycles. The number of nitrogens with one attached hydrogen (secondary N) is 2. The Morgan fingerprint density at radius 2 is 1.83 bits per heavy atom. The second kappa shape index (κ2) is 14.9. The van der Waals surface area contributed by atoms with E-state index in [9.17, 15) is 19.2 Å². The molecule has 0 unspecified atom stereocenters. The van der Waals surface area contributed by atoms with Gasteiger partial charge < -0.3 is 29.9 Å². The summed E-state index contributed by atoms with van der Waals surface area (Å²) in [5.74, 6) is 0.846. The molecule has 1 aromatic carbocycles. The smallest absolute Gasteiger partial charge is 0.407 e. The first-order chi connectivity index (χ1) is 20.3. The number of methoxy groups -OCH3 is 1. The predicted octanol–water partition coefficient (Wildman–Crippen LogP) is 2.71. The van der Waals surface area contributed by atoms with Gasteiger partial charge in [-0.1, -0.05) is 44.1 Å². The molecule has 0 radical (unpaired) electrons. The van der Waals surface area contributed by atoms with Crippen LogP contribution in [0.15, 0.2) is 36.9 Å². The van der Waals surface area contributed by atoms with E-state index in [1.165, 1.54) is 12.5 Å². The maximum absolute atomic E-state index is 13.9. The number of piperazine rings is 1. The van der Waals surface area contributed by atoms with E-state index < -0.39 is 18.3 Å². The van der Waals surface area contributed by atoms with Gasteiger partial charge in [-0.05, 0) is 49.3 Å². The van der Waals surface area contributed by atoms with Crippen LogP contribution in [0.3, 0.4) is 0 Å². The van der Waals surface area contributed by atoms with Crippen LogP contribution in [0.1, 0.15) is 50.5 Å². The van der Waals surface area contributed by atoms with E-state index in [1.54, 1.807) is 29.1 Å². The van der Waals surface area contributed by atoms with Crippen molar-refractivity contribution in [2.45, 2.75) is 63.7 Å². The molecule has 0 aromatic heterocycles. The summed E-state index contributed by atoms with van der Waals surface area (Å²) in [7, 11) is 3.32. The van der Waals surface area contributed by atoms with E-state index in [0.29, 0.717) is 38.4 Å². The van der Waals surface area contributed by atoms with Gasteiger partial charge in [-0.3, -0.25) is 9.59 Å². The lowest BCUT2D eigenvalue weighted by Gasteiger charge is -2.55. The van der Waals surface area contributed by atoms with Crippen molar-refractivity contribution in [2.24, 2.45) is 5.92 Å². The quantitative estimate of drug-likeness (QED) is 0.303. The number of nitrogens with zero attached hydrogens (tertiary/aromatic N) is 4. The molecule has 42 heavy (non-hydrogen) atoms. The number of ether oxygens (including phenoxy) is 2. The van der Waals surface area contributed by atoms with Crippen molar-refractivity contribution < 1.29 is 28.7 Å². The van der Waals surface area contributed by atoms with Gasteiger partial charge in [-0.15, -0.1) is 0 Å². The zero-order valence-electron chi connectivity index (χ0n) is 24.8. The second-order valence-electron chi connectivity index (χ2n) is 11.2. The van der Waals surface area contributed by atoms with Crippen LogP contribution in [-0.2, 0) is 20.9 Å². The van der Waals surface area contributed by atoms with Crippen LogP contribution in [0.25, 0.3) is 0 Å². The molecule has 4 rings (SSSR count). The van der Waals surface area contributed by atoms with E-state index >= 15 is 0 Å². The summed E-state index contributed by atoms with van der Waals surface area (Å²) in [6.45, 7) is 5.07. The molecule has 5 amide bonds. The van der Waals surface area contributed by atoms with Gasteiger partial charge in [0.1, 0.15) is 24.6 Å². The highest BCUT2D eigenvalue weighted by atomic mass is 16.5. The summed E-state index contributed by atoms with van der Waals surface area (Å²) < 4.78 is 10.2. The lowest BCUT2D eigenvalue weighted by molar-refractivity contribution is -0.188. The molecule has 0 spiro atoms. The molecule has 0 bridgehead atoms. The van der Waals surface area contributed by atoms with Gasteiger partial charge in [0.05, 0.1) is 20.2 Å². The number of hydrogen-bond donors (Lipinski definition) is 2. The molecule has 2 atom stereocenters. The topological polar surface area (TPSA) is 124 Å². The Hall–Kier alpha value is -3.80. The molecule has 2 aliphatic heterocycles. The fraction of sp³-hybridized carbons (Fsp3) is 0.600. The molecule has 2 N–H and O–H groups in total. The molecular formula is C30H44N6O6. The van der Waals surface area contributed by atoms with Gasteiger partial charge in [0.25, 0.3) is 0 Å². The first kappa shape index (κ1) is 31.1. The van der Waals surface area contributed by atoms with Gasteiger partial charge in [-0.25, -0.2) is 19.6 Å². The Labute approximate surface area is 247 Å². The minimum atomic E-state index is -0.726. The molecule has 2 heterocycles. The molecule has 1 aliphatic carbocycles. The van der Waals surface area contributed by atoms with Crippen molar-refractivity contribution in [3.8, 4) is 5.75 Å². The van der Waals surface area contributed by atoms with E-state index in [2.05, 4.69) is 17.2 Å². The number of benzene rings is 1. The normalized spacial score (nSPS) is 21.5. The van der Waals surface area contributed by atoms with Gasteiger partial charge in [0.15, 0.2) is 0 Å². The maximum Gasteiger partial charge on any atom is 0.407 e. The van der Waals surface area contributed by atoms with Crippen molar-refractivity contribution in [3.05, 3.63) is 42.5 Å². The van der Waals surface area contributed by atoms with Crippen molar-refractivity contribution in [1.82, 2.24) is 30.5 Å². The maximum atomic E-state index is 13.9. The Bertz CT molecular complexity index is 1110. The number of urea groups is 1. The molecule has 2 saturated heterocycles. The van der Waals surface area contributed by atoms with Crippen molar-refractivity contribution >= 4 is 23.9 Å².